The van der Waals surface area contributed by atoms with E-state index < -0.39 is 22.7 Å². The molecule has 0 aliphatic heterocycles. The zero-order valence-corrected chi connectivity index (χ0v) is 8.07. The van der Waals surface area contributed by atoms with Crippen LogP contribution in [0.4, 0.5) is 0 Å². The molecule has 0 amide bonds. The van der Waals surface area contributed by atoms with Gasteiger partial charge < -0.3 is 0 Å². The summed E-state index contributed by atoms with van der Waals surface area (Å²) in [7, 11) is 0. The maximum atomic E-state index is 2.39. The molecular formula is C3H9Tl. The molecule has 0 atom stereocenters. The van der Waals surface area contributed by atoms with Crippen molar-refractivity contribution in [3.8, 4) is 0 Å². The van der Waals surface area contributed by atoms with Crippen LogP contribution >= 0.6 is 0 Å². The fourth-order valence-electron chi connectivity index (χ4n) is 0. The quantitative estimate of drug-likeness (QED) is 0.569. The van der Waals surface area contributed by atoms with Crippen molar-refractivity contribution in [2.75, 3.05) is 0 Å². The molecule has 0 bridgehead atoms. The third kappa shape index (κ3) is 12.7. The van der Waals surface area contributed by atoms with Crippen LogP contribution in [0.3, 0.4) is 0 Å². The van der Waals surface area contributed by atoms with Gasteiger partial charge >= 0.3 is 36.2 Å². The molecule has 0 unspecified atom stereocenters. The summed E-state index contributed by atoms with van der Waals surface area (Å²) < 4.78 is 7.17. The van der Waals surface area contributed by atoms with Gasteiger partial charge in [-0.2, -0.15) is 0 Å². The van der Waals surface area contributed by atoms with Crippen molar-refractivity contribution in [1.29, 1.82) is 0 Å². The Kier molecular flexibility index (Phi) is 2.68. The SMILES string of the molecule is [CH3][Tl]([CH3])[CH3]. The van der Waals surface area contributed by atoms with Crippen LogP contribution in [-0.4, -0.2) is 22.7 Å². The molecule has 0 heterocycles. The minimum atomic E-state index is -0.722. The Hall–Kier alpha value is 0.922. The molecule has 0 nitrogen and oxygen atoms in total. The van der Waals surface area contributed by atoms with Crippen molar-refractivity contribution in [3.63, 3.8) is 0 Å². The third-order valence-corrected chi connectivity index (χ3v) is 0. The molecule has 0 aromatic carbocycles. The van der Waals surface area contributed by atoms with E-state index in [9.17, 15) is 0 Å². The van der Waals surface area contributed by atoms with E-state index in [-0.39, 0.29) is 0 Å². The summed E-state index contributed by atoms with van der Waals surface area (Å²) in [5.74, 6) is 0. The minimum absolute atomic E-state index is 0.722. The molecule has 0 aromatic heterocycles. The Morgan fingerprint density at radius 2 is 1.00 bits per heavy atom. The van der Waals surface area contributed by atoms with Crippen LogP contribution < -0.4 is 0 Å². The van der Waals surface area contributed by atoms with Crippen LogP contribution in [0.25, 0.3) is 0 Å². The van der Waals surface area contributed by atoms with E-state index in [2.05, 4.69) is 13.4 Å². The molecule has 0 aliphatic carbocycles. The van der Waals surface area contributed by atoms with Crippen LogP contribution in [0.5, 0.6) is 0 Å². The van der Waals surface area contributed by atoms with Crippen molar-refractivity contribution in [1.82, 2.24) is 0 Å². The van der Waals surface area contributed by atoms with Gasteiger partial charge in [0.1, 0.15) is 0 Å². The summed E-state index contributed by atoms with van der Waals surface area (Å²) in [6.45, 7) is 0. The van der Waals surface area contributed by atoms with Gasteiger partial charge in [0, 0.05) is 0 Å². The summed E-state index contributed by atoms with van der Waals surface area (Å²) in [6, 6.07) is 0. The van der Waals surface area contributed by atoms with Gasteiger partial charge in [0.2, 0.25) is 0 Å². The fraction of sp³-hybridized carbons (Fsp3) is 1.00. The van der Waals surface area contributed by atoms with Crippen molar-refractivity contribution in [3.05, 3.63) is 0 Å². The van der Waals surface area contributed by atoms with Crippen LogP contribution in [0.15, 0.2) is 0 Å². The monoisotopic (exact) mass is 250 g/mol. The molecule has 0 spiro atoms. The molecule has 0 aliphatic rings. The van der Waals surface area contributed by atoms with Gasteiger partial charge in [0.05, 0.1) is 0 Å². The predicted octanol–water partition coefficient (Wildman–Crippen LogP) is 1.37. The first-order valence-corrected chi connectivity index (χ1v) is 15.2. The molecule has 4 heavy (non-hydrogen) atoms. The van der Waals surface area contributed by atoms with Crippen LogP contribution in [0.2, 0.25) is 13.4 Å². The summed E-state index contributed by atoms with van der Waals surface area (Å²) >= 11 is -0.722. The van der Waals surface area contributed by atoms with E-state index >= 15 is 0 Å². The average molecular weight is 249 g/mol. The van der Waals surface area contributed by atoms with Gasteiger partial charge in [-0.25, -0.2) is 0 Å². The van der Waals surface area contributed by atoms with E-state index in [0.717, 1.165) is 0 Å². The molecule has 0 radical (unpaired) electrons. The molecule has 0 saturated heterocycles. The van der Waals surface area contributed by atoms with Gasteiger partial charge in [0.15, 0.2) is 0 Å². The zero-order chi connectivity index (χ0) is 3.58. The van der Waals surface area contributed by atoms with E-state index in [4.69, 9.17) is 0 Å². The molecule has 0 fully saturated rings. The first-order chi connectivity index (χ1) is 1.73. The number of hydrogen-bond acceptors (Lipinski definition) is 0. The van der Waals surface area contributed by atoms with E-state index in [1.54, 1.807) is 0 Å². The van der Waals surface area contributed by atoms with Crippen LogP contribution in [-0.2, 0) is 0 Å². The second-order valence-corrected chi connectivity index (χ2v) is 15.2. The van der Waals surface area contributed by atoms with Gasteiger partial charge in [-0.3, -0.25) is 0 Å². The molecular weight excluding hydrogens is 240 g/mol. The number of hydrogen-bond donors (Lipinski definition) is 0. The Morgan fingerprint density at radius 1 is 1.00 bits per heavy atom. The first-order valence-electron chi connectivity index (χ1n) is 1.73. The summed E-state index contributed by atoms with van der Waals surface area (Å²) in [5.41, 5.74) is 0. The first kappa shape index (κ1) is 4.92. The van der Waals surface area contributed by atoms with Crippen molar-refractivity contribution in [2.24, 2.45) is 0 Å². The topological polar surface area (TPSA) is 0 Å². The van der Waals surface area contributed by atoms with Gasteiger partial charge in [-0.05, 0) is 0 Å². The van der Waals surface area contributed by atoms with Gasteiger partial charge in [-0.15, -0.1) is 0 Å². The summed E-state index contributed by atoms with van der Waals surface area (Å²) in [6.07, 6.45) is 0. The maximum absolute atomic E-state index is 2.39. The third-order valence-electron chi connectivity index (χ3n) is 0. The fourth-order valence-corrected chi connectivity index (χ4v) is 0. The normalized spacial score (nSPS) is 6.75. The second kappa shape index (κ2) is 2.18. The Morgan fingerprint density at radius 3 is 1.00 bits per heavy atom. The van der Waals surface area contributed by atoms with E-state index in [1.165, 1.54) is 0 Å². The van der Waals surface area contributed by atoms with Gasteiger partial charge in [0.25, 0.3) is 0 Å². The molecule has 24 valence electrons. The zero-order valence-electron chi connectivity index (χ0n) is 3.58. The number of rotatable bonds is 0. The summed E-state index contributed by atoms with van der Waals surface area (Å²) in [5, 5.41) is 0. The van der Waals surface area contributed by atoms with Crippen LogP contribution in [0.1, 0.15) is 0 Å². The Bertz CT molecular complexity index is 8.00. The van der Waals surface area contributed by atoms with Crippen molar-refractivity contribution >= 4 is 22.7 Å². The molecule has 0 aromatic rings. The predicted molar refractivity (Wildman–Crippen MR) is 23.3 cm³/mol. The van der Waals surface area contributed by atoms with Crippen molar-refractivity contribution in [2.45, 2.75) is 13.4 Å². The summed E-state index contributed by atoms with van der Waals surface area (Å²) in [4.78, 5) is 0. The Labute approximate surface area is 36.3 Å². The molecule has 0 saturated carbocycles. The molecule has 1 heteroatoms. The molecule has 0 N–H and O–H groups in total. The molecule has 0 rings (SSSR count). The van der Waals surface area contributed by atoms with E-state index in [0.29, 0.717) is 0 Å². The second-order valence-electron chi connectivity index (χ2n) is 1.73. The van der Waals surface area contributed by atoms with Crippen LogP contribution in [0, 0.1) is 0 Å². The van der Waals surface area contributed by atoms with Crippen molar-refractivity contribution < 1.29 is 0 Å². The average Bonchev–Trinajstić information content (AvgIpc) is 0.811. The van der Waals surface area contributed by atoms with E-state index in [1.807, 2.05) is 0 Å². The standard InChI is InChI=1S/3CH3.Tl/h3*1H3;. The van der Waals surface area contributed by atoms with Gasteiger partial charge in [-0.1, -0.05) is 0 Å². The Balaban J connectivity index is 2.32.